The van der Waals surface area contributed by atoms with Crippen LogP contribution in [0.25, 0.3) is 0 Å². The lowest BCUT2D eigenvalue weighted by Crippen LogP contribution is -2.19. The van der Waals surface area contributed by atoms with E-state index in [1.54, 1.807) is 0 Å². The first-order chi connectivity index (χ1) is 26.3. The standard InChI is InChI=1S/C46H78O7S/c1-3-5-7-9-11-13-15-17-19-21-23-25-27-29-31-33-35-40-52-45(47)42-38-37-39-43(54(49,50)51)44(42)46(48)53-41-36-34-32-30-28-26-24-22-20-18-16-14-12-10-8-6-4-2/h3-4,37-39H,1-2,5-36,40-41H2,(H,49,50,51). The fraction of sp³-hybridized carbons (Fsp3) is 0.739. The van der Waals surface area contributed by atoms with Crippen LogP contribution >= 0.6 is 0 Å². The van der Waals surface area contributed by atoms with E-state index in [9.17, 15) is 22.6 Å². The Labute approximate surface area is 331 Å². The summed E-state index contributed by atoms with van der Waals surface area (Å²) in [7, 11) is -4.76. The summed E-state index contributed by atoms with van der Waals surface area (Å²) in [5.74, 6) is -1.74. The molecular formula is C46H78O7S. The van der Waals surface area contributed by atoms with E-state index in [4.69, 9.17) is 9.47 Å². The van der Waals surface area contributed by atoms with Gasteiger partial charge in [-0.3, -0.25) is 4.55 Å². The summed E-state index contributed by atoms with van der Waals surface area (Å²) in [6.45, 7) is 7.84. The third-order valence-electron chi connectivity index (χ3n) is 10.3. The lowest BCUT2D eigenvalue weighted by atomic mass is 10.0. The summed E-state index contributed by atoms with van der Waals surface area (Å²) in [5.41, 5.74) is -0.675. The number of unbranched alkanes of at least 4 members (excludes halogenated alkanes) is 30. The topological polar surface area (TPSA) is 107 Å². The zero-order valence-electron chi connectivity index (χ0n) is 34.1. The van der Waals surface area contributed by atoms with Gasteiger partial charge in [-0.1, -0.05) is 185 Å². The van der Waals surface area contributed by atoms with Crippen LogP contribution in [-0.4, -0.2) is 38.1 Å². The van der Waals surface area contributed by atoms with E-state index >= 15 is 0 Å². The minimum absolute atomic E-state index is 0.109. The van der Waals surface area contributed by atoms with Crippen molar-refractivity contribution in [2.45, 2.75) is 210 Å². The summed E-state index contributed by atoms with van der Waals surface area (Å²) < 4.78 is 44.8. The molecule has 8 heteroatoms. The maximum Gasteiger partial charge on any atom is 0.340 e. The Morgan fingerprint density at radius 3 is 1.09 bits per heavy atom. The molecule has 0 saturated heterocycles. The minimum Gasteiger partial charge on any atom is -0.462 e. The molecule has 0 radical (unpaired) electrons. The molecule has 0 fully saturated rings. The molecule has 0 heterocycles. The van der Waals surface area contributed by atoms with Gasteiger partial charge >= 0.3 is 11.9 Å². The van der Waals surface area contributed by atoms with Crippen molar-refractivity contribution >= 4 is 22.1 Å². The molecule has 0 aromatic heterocycles. The first-order valence-electron chi connectivity index (χ1n) is 22.0. The number of esters is 2. The van der Waals surface area contributed by atoms with Crippen molar-refractivity contribution in [3.8, 4) is 0 Å². The van der Waals surface area contributed by atoms with Gasteiger partial charge in [0.05, 0.1) is 24.3 Å². The van der Waals surface area contributed by atoms with Gasteiger partial charge in [-0.05, 0) is 50.7 Å². The Bertz CT molecular complexity index is 1210. The van der Waals surface area contributed by atoms with E-state index < -0.39 is 32.5 Å². The molecule has 0 atom stereocenters. The van der Waals surface area contributed by atoms with Gasteiger partial charge in [0.15, 0.2) is 0 Å². The largest absolute Gasteiger partial charge is 0.462 e. The summed E-state index contributed by atoms with van der Waals surface area (Å²) in [5, 5.41) is 0. The zero-order chi connectivity index (χ0) is 39.4. The molecule has 0 bridgehead atoms. The van der Waals surface area contributed by atoms with Gasteiger partial charge in [0.2, 0.25) is 0 Å². The number of carbonyl (C=O) groups is 2. The highest BCUT2D eigenvalue weighted by molar-refractivity contribution is 7.86. The van der Waals surface area contributed by atoms with Gasteiger partial charge in [-0.15, -0.1) is 13.2 Å². The van der Waals surface area contributed by atoms with Gasteiger partial charge in [0, 0.05) is 0 Å². The maximum atomic E-state index is 13.0. The van der Waals surface area contributed by atoms with Crippen LogP contribution in [0, 0.1) is 0 Å². The Kier molecular flexibility index (Phi) is 32.1. The maximum absolute atomic E-state index is 13.0. The number of benzene rings is 1. The van der Waals surface area contributed by atoms with E-state index in [1.807, 2.05) is 12.2 Å². The van der Waals surface area contributed by atoms with Crippen molar-refractivity contribution in [2.75, 3.05) is 13.2 Å². The fourth-order valence-corrected chi connectivity index (χ4v) is 7.69. The molecule has 0 unspecified atom stereocenters. The molecule has 310 valence electrons. The average molecular weight is 775 g/mol. The van der Waals surface area contributed by atoms with Crippen LogP contribution in [0.2, 0.25) is 0 Å². The SMILES string of the molecule is C=CCCCCCCCCCCCCCCCCCOC(=O)c1cccc(S(=O)(=O)O)c1C(=O)OCCCCCCCCCCCCCCCCCC=C. The molecule has 0 aliphatic carbocycles. The van der Waals surface area contributed by atoms with Crippen LogP contribution in [-0.2, 0) is 19.6 Å². The van der Waals surface area contributed by atoms with Gasteiger partial charge in [-0.2, -0.15) is 8.42 Å². The van der Waals surface area contributed by atoms with Gasteiger partial charge in [-0.25, -0.2) is 9.59 Å². The smallest absolute Gasteiger partial charge is 0.340 e. The molecule has 1 aromatic carbocycles. The molecule has 1 N–H and O–H groups in total. The number of ether oxygens (including phenoxy) is 2. The first-order valence-corrected chi connectivity index (χ1v) is 23.4. The van der Waals surface area contributed by atoms with Crippen LogP contribution in [0.4, 0.5) is 0 Å². The molecule has 0 aliphatic rings. The molecule has 0 spiro atoms. The summed E-state index contributed by atoms with van der Waals surface area (Å²) in [6, 6.07) is 3.76. The molecule has 0 amide bonds. The van der Waals surface area contributed by atoms with E-state index in [2.05, 4.69) is 13.2 Å². The number of hydrogen-bond acceptors (Lipinski definition) is 6. The normalized spacial score (nSPS) is 11.4. The lowest BCUT2D eigenvalue weighted by Gasteiger charge is -2.13. The summed E-state index contributed by atoms with van der Waals surface area (Å²) in [4.78, 5) is 25.3. The quantitative estimate of drug-likeness (QED) is 0.0307. The molecule has 7 nitrogen and oxygen atoms in total. The van der Waals surface area contributed by atoms with E-state index in [-0.39, 0.29) is 18.8 Å². The monoisotopic (exact) mass is 775 g/mol. The Morgan fingerprint density at radius 1 is 0.481 bits per heavy atom. The minimum atomic E-state index is -4.76. The summed E-state index contributed by atoms with van der Waals surface area (Å²) >= 11 is 0. The first kappa shape index (κ1) is 49.6. The van der Waals surface area contributed by atoms with Crippen LogP contribution in [0.1, 0.15) is 226 Å². The highest BCUT2D eigenvalue weighted by Crippen LogP contribution is 2.23. The van der Waals surface area contributed by atoms with Crippen molar-refractivity contribution in [3.05, 3.63) is 54.6 Å². The zero-order valence-corrected chi connectivity index (χ0v) is 35.0. The number of allylic oxidation sites excluding steroid dienone is 2. The Balaban J connectivity index is 2.21. The van der Waals surface area contributed by atoms with Crippen molar-refractivity contribution in [1.82, 2.24) is 0 Å². The second kappa shape index (κ2) is 35.0. The number of rotatable bonds is 39. The third kappa shape index (κ3) is 27.2. The Morgan fingerprint density at radius 2 is 0.778 bits per heavy atom. The van der Waals surface area contributed by atoms with E-state index in [0.717, 1.165) is 57.4 Å². The molecule has 1 rings (SSSR count). The fourth-order valence-electron chi connectivity index (χ4n) is 6.98. The summed E-state index contributed by atoms with van der Waals surface area (Å²) in [6.07, 6.45) is 42.7. The van der Waals surface area contributed by atoms with Gasteiger partial charge < -0.3 is 9.47 Å². The van der Waals surface area contributed by atoms with Crippen LogP contribution < -0.4 is 0 Å². The highest BCUT2D eigenvalue weighted by Gasteiger charge is 2.28. The number of hydrogen-bond donors (Lipinski definition) is 1. The van der Waals surface area contributed by atoms with E-state index in [1.165, 1.54) is 153 Å². The van der Waals surface area contributed by atoms with Crippen molar-refractivity contribution in [3.63, 3.8) is 0 Å². The molecular weight excluding hydrogens is 697 g/mol. The van der Waals surface area contributed by atoms with Gasteiger partial charge in [0.1, 0.15) is 4.90 Å². The second-order valence-electron chi connectivity index (χ2n) is 15.2. The predicted molar refractivity (Wildman–Crippen MR) is 225 cm³/mol. The van der Waals surface area contributed by atoms with Crippen LogP contribution in [0.5, 0.6) is 0 Å². The number of carbonyl (C=O) groups excluding carboxylic acids is 2. The molecule has 1 aromatic rings. The predicted octanol–water partition coefficient (Wildman–Crippen LogP) is 14.1. The van der Waals surface area contributed by atoms with Crippen molar-refractivity contribution in [1.29, 1.82) is 0 Å². The molecule has 0 saturated carbocycles. The van der Waals surface area contributed by atoms with Crippen LogP contribution in [0.15, 0.2) is 48.4 Å². The second-order valence-corrected chi connectivity index (χ2v) is 16.6. The Hall–Kier alpha value is -2.45. The van der Waals surface area contributed by atoms with Crippen molar-refractivity contribution < 1.29 is 32.0 Å². The van der Waals surface area contributed by atoms with Gasteiger partial charge in [0.25, 0.3) is 10.1 Å². The average Bonchev–Trinajstić information content (AvgIpc) is 3.16. The lowest BCUT2D eigenvalue weighted by molar-refractivity contribution is 0.0446. The molecule has 54 heavy (non-hydrogen) atoms. The van der Waals surface area contributed by atoms with E-state index in [0.29, 0.717) is 12.8 Å². The third-order valence-corrected chi connectivity index (χ3v) is 11.2. The van der Waals surface area contributed by atoms with Crippen LogP contribution in [0.3, 0.4) is 0 Å². The van der Waals surface area contributed by atoms with Crippen molar-refractivity contribution in [2.24, 2.45) is 0 Å². The molecule has 0 aliphatic heterocycles. The highest BCUT2D eigenvalue weighted by atomic mass is 32.2.